The van der Waals surface area contributed by atoms with Gasteiger partial charge in [-0.05, 0) is 24.4 Å². The number of benzene rings is 1. The summed E-state index contributed by atoms with van der Waals surface area (Å²) in [6, 6.07) is 8.07. The number of nitrogens with one attached hydrogen (secondary N) is 1. The van der Waals surface area contributed by atoms with Crippen LogP contribution >= 0.6 is 23.6 Å². The van der Waals surface area contributed by atoms with E-state index < -0.39 is 0 Å². The van der Waals surface area contributed by atoms with Gasteiger partial charge in [-0.1, -0.05) is 23.5 Å². The average molecular weight is 237 g/mol. The molecule has 1 heterocycles. The molecule has 78 valence electrons. The normalized spacial score (nSPS) is 10.3. The second-order valence-electron chi connectivity index (χ2n) is 3.08. The summed E-state index contributed by atoms with van der Waals surface area (Å²) in [5, 5.41) is 4.52. The van der Waals surface area contributed by atoms with E-state index >= 15 is 0 Å². The number of anilines is 1. The van der Waals surface area contributed by atoms with Crippen molar-refractivity contribution in [3.63, 3.8) is 0 Å². The molecule has 0 aliphatic heterocycles. The van der Waals surface area contributed by atoms with E-state index in [0.717, 1.165) is 10.6 Å². The number of thiocarbonyl (C=S) groups is 1. The van der Waals surface area contributed by atoms with Crippen molar-refractivity contribution in [2.24, 2.45) is 0 Å². The number of fused-ring (bicyclic) bond motifs is 1. The van der Waals surface area contributed by atoms with Crippen LogP contribution in [-0.4, -0.2) is 24.2 Å². The summed E-state index contributed by atoms with van der Waals surface area (Å²) < 4.78 is 1.18. The van der Waals surface area contributed by atoms with Gasteiger partial charge < -0.3 is 5.32 Å². The lowest BCUT2D eigenvalue weighted by atomic mass is 10.3. The van der Waals surface area contributed by atoms with E-state index in [1.165, 1.54) is 4.70 Å². The van der Waals surface area contributed by atoms with E-state index in [1.807, 2.05) is 37.2 Å². The smallest absolute Gasteiger partial charge is 0.192 e. The van der Waals surface area contributed by atoms with Crippen LogP contribution < -0.4 is 10.2 Å². The van der Waals surface area contributed by atoms with Crippen molar-refractivity contribution in [3.05, 3.63) is 24.3 Å². The van der Waals surface area contributed by atoms with Crippen molar-refractivity contribution in [1.29, 1.82) is 0 Å². The van der Waals surface area contributed by atoms with Gasteiger partial charge in [0.15, 0.2) is 10.2 Å². The van der Waals surface area contributed by atoms with E-state index in [1.54, 1.807) is 11.3 Å². The maximum Gasteiger partial charge on any atom is 0.192 e. The van der Waals surface area contributed by atoms with Gasteiger partial charge in [-0.25, -0.2) is 4.98 Å². The first-order valence-electron chi connectivity index (χ1n) is 4.53. The Balaban J connectivity index is 2.40. The van der Waals surface area contributed by atoms with E-state index in [2.05, 4.69) is 16.4 Å². The van der Waals surface area contributed by atoms with E-state index in [9.17, 15) is 0 Å². The Hall–Kier alpha value is -1.20. The second-order valence-corrected chi connectivity index (χ2v) is 4.47. The van der Waals surface area contributed by atoms with Crippen molar-refractivity contribution in [2.45, 2.75) is 0 Å². The van der Waals surface area contributed by atoms with Crippen LogP contribution in [0.4, 0.5) is 5.13 Å². The molecular formula is C10H11N3S2. The number of nitrogens with zero attached hydrogens (tertiary/aromatic N) is 2. The molecule has 0 atom stereocenters. The summed E-state index contributed by atoms with van der Waals surface area (Å²) >= 11 is 6.78. The van der Waals surface area contributed by atoms with Gasteiger partial charge in [0.25, 0.3) is 0 Å². The highest BCUT2D eigenvalue weighted by Crippen LogP contribution is 2.27. The van der Waals surface area contributed by atoms with Crippen LogP contribution in [0.2, 0.25) is 0 Å². The highest BCUT2D eigenvalue weighted by Gasteiger charge is 2.10. The molecule has 0 saturated heterocycles. The Morgan fingerprint density at radius 3 is 2.87 bits per heavy atom. The van der Waals surface area contributed by atoms with Crippen molar-refractivity contribution in [1.82, 2.24) is 10.3 Å². The molecule has 2 rings (SSSR count). The molecular weight excluding hydrogens is 226 g/mol. The fourth-order valence-electron chi connectivity index (χ4n) is 1.26. The Kier molecular flexibility index (Phi) is 2.83. The molecule has 5 heteroatoms. The summed E-state index contributed by atoms with van der Waals surface area (Å²) in [4.78, 5) is 6.37. The first-order chi connectivity index (χ1) is 7.22. The Bertz CT molecular complexity index is 459. The molecule has 1 aromatic heterocycles. The number of aromatic nitrogens is 1. The summed E-state index contributed by atoms with van der Waals surface area (Å²) in [6.45, 7) is 0. The molecule has 0 amide bonds. The number of hydrogen-bond acceptors (Lipinski definition) is 3. The third kappa shape index (κ3) is 1.93. The van der Waals surface area contributed by atoms with E-state index in [-0.39, 0.29) is 0 Å². The van der Waals surface area contributed by atoms with Gasteiger partial charge in [-0.3, -0.25) is 4.90 Å². The molecule has 1 N–H and O–H groups in total. The molecule has 0 fully saturated rings. The minimum atomic E-state index is 0.675. The first kappa shape index (κ1) is 10.3. The third-order valence-electron chi connectivity index (χ3n) is 2.09. The summed E-state index contributed by atoms with van der Waals surface area (Å²) in [5.74, 6) is 0. The fraction of sp³-hybridized carbons (Fsp3) is 0.200. The minimum absolute atomic E-state index is 0.675. The van der Waals surface area contributed by atoms with Gasteiger partial charge in [-0.2, -0.15) is 0 Å². The number of rotatable bonds is 1. The van der Waals surface area contributed by atoms with Gasteiger partial charge >= 0.3 is 0 Å². The fourth-order valence-corrected chi connectivity index (χ4v) is 2.34. The van der Waals surface area contributed by atoms with Crippen LogP contribution in [0.15, 0.2) is 24.3 Å². The standard InChI is InChI=1S/C10H11N3S2/c1-11-9(14)13(2)10-12-7-5-3-4-6-8(7)15-10/h3-6H,1-2H3,(H,11,14). The summed E-state index contributed by atoms with van der Waals surface area (Å²) in [7, 11) is 3.72. The number of hydrogen-bond donors (Lipinski definition) is 1. The average Bonchev–Trinajstić information content (AvgIpc) is 2.70. The highest BCUT2D eigenvalue weighted by atomic mass is 32.1. The monoisotopic (exact) mass is 237 g/mol. The van der Waals surface area contributed by atoms with Crippen LogP contribution in [0.25, 0.3) is 10.2 Å². The van der Waals surface area contributed by atoms with Crippen molar-refractivity contribution >= 4 is 44.0 Å². The largest absolute Gasteiger partial charge is 0.365 e. The topological polar surface area (TPSA) is 28.2 Å². The lowest BCUT2D eigenvalue weighted by molar-refractivity contribution is 1.11. The van der Waals surface area contributed by atoms with Crippen LogP contribution in [0.5, 0.6) is 0 Å². The zero-order chi connectivity index (χ0) is 10.8. The van der Waals surface area contributed by atoms with Gasteiger partial charge in [0.05, 0.1) is 10.2 Å². The Morgan fingerprint density at radius 1 is 1.47 bits per heavy atom. The molecule has 0 aliphatic rings. The Labute approximate surface area is 97.7 Å². The maximum atomic E-state index is 5.15. The molecule has 2 aromatic rings. The van der Waals surface area contributed by atoms with Crippen LogP contribution in [0, 0.1) is 0 Å². The van der Waals surface area contributed by atoms with Gasteiger partial charge in [0.1, 0.15) is 0 Å². The quantitative estimate of drug-likeness (QED) is 0.770. The SMILES string of the molecule is CNC(=S)N(C)c1nc2ccccc2s1. The summed E-state index contributed by atoms with van der Waals surface area (Å²) in [5.41, 5.74) is 1.02. The van der Waals surface area contributed by atoms with Gasteiger partial charge in [0, 0.05) is 14.1 Å². The molecule has 0 bridgehead atoms. The minimum Gasteiger partial charge on any atom is -0.365 e. The molecule has 1 aromatic carbocycles. The number of para-hydroxylation sites is 1. The zero-order valence-electron chi connectivity index (χ0n) is 8.52. The lowest BCUT2D eigenvalue weighted by Crippen LogP contribution is -2.34. The predicted octanol–water partition coefficient (Wildman–Crippen LogP) is 2.24. The van der Waals surface area contributed by atoms with Crippen LogP contribution in [0.1, 0.15) is 0 Å². The molecule has 0 saturated carbocycles. The zero-order valence-corrected chi connectivity index (χ0v) is 10.2. The van der Waals surface area contributed by atoms with Crippen LogP contribution in [0.3, 0.4) is 0 Å². The molecule has 0 radical (unpaired) electrons. The maximum absolute atomic E-state index is 5.15. The second kappa shape index (κ2) is 4.12. The Morgan fingerprint density at radius 2 is 2.20 bits per heavy atom. The van der Waals surface area contributed by atoms with Crippen LogP contribution in [-0.2, 0) is 0 Å². The molecule has 0 unspecified atom stereocenters. The van der Waals surface area contributed by atoms with Gasteiger partial charge in [-0.15, -0.1) is 0 Å². The van der Waals surface area contributed by atoms with E-state index in [4.69, 9.17) is 12.2 Å². The van der Waals surface area contributed by atoms with Crippen molar-refractivity contribution in [2.75, 3.05) is 19.0 Å². The third-order valence-corrected chi connectivity index (χ3v) is 3.68. The number of thiazole rings is 1. The molecule has 15 heavy (non-hydrogen) atoms. The predicted molar refractivity (Wildman–Crippen MR) is 69.7 cm³/mol. The molecule has 3 nitrogen and oxygen atoms in total. The van der Waals surface area contributed by atoms with Gasteiger partial charge in [0.2, 0.25) is 0 Å². The molecule has 0 spiro atoms. The van der Waals surface area contributed by atoms with Crippen molar-refractivity contribution < 1.29 is 0 Å². The van der Waals surface area contributed by atoms with Crippen molar-refractivity contribution in [3.8, 4) is 0 Å². The first-order valence-corrected chi connectivity index (χ1v) is 5.76. The molecule has 0 aliphatic carbocycles. The highest BCUT2D eigenvalue weighted by molar-refractivity contribution is 7.80. The lowest BCUT2D eigenvalue weighted by Gasteiger charge is -2.15. The van der Waals surface area contributed by atoms with E-state index in [0.29, 0.717) is 5.11 Å². The summed E-state index contributed by atoms with van der Waals surface area (Å²) in [6.07, 6.45) is 0.